The Kier molecular flexibility index (Phi) is 8.05. The highest BCUT2D eigenvalue weighted by molar-refractivity contribution is 6.74. The van der Waals surface area contributed by atoms with Gasteiger partial charge in [-0.25, -0.2) is 0 Å². The molecule has 1 heterocycles. The highest BCUT2D eigenvalue weighted by Crippen LogP contribution is 2.39. The second-order valence-electron chi connectivity index (χ2n) is 7.97. The molecule has 0 aliphatic carbocycles. The van der Waals surface area contributed by atoms with Crippen LogP contribution in [0.2, 0.25) is 18.1 Å². The summed E-state index contributed by atoms with van der Waals surface area (Å²) in [5, 5.41) is 0.226. The molecule has 1 aliphatic heterocycles. The first-order valence-corrected chi connectivity index (χ1v) is 11.8. The Bertz CT molecular complexity index is 385. The maximum Gasteiger partial charge on any atom is 0.192 e. The summed E-state index contributed by atoms with van der Waals surface area (Å²) in [5.74, 6) is 0. The van der Waals surface area contributed by atoms with Gasteiger partial charge in [-0.05, 0) is 30.6 Å². The van der Waals surface area contributed by atoms with Crippen LogP contribution < -0.4 is 0 Å². The smallest absolute Gasteiger partial charge is 0.192 e. The van der Waals surface area contributed by atoms with Crippen molar-refractivity contribution in [1.29, 1.82) is 0 Å². The van der Waals surface area contributed by atoms with E-state index in [1.54, 1.807) is 6.26 Å². The van der Waals surface area contributed by atoms with Crippen LogP contribution >= 0.6 is 0 Å². The molecule has 1 fully saturated rings. The summed E-state index contributed by atoms with van der Waals surface area (Å²) in [7, 11) is -1.76. The molecule has 1 saturated heterocycles. The van der Waals surface area contributed by atoms with Crippen LogP contribution in [0.3, 0.4) is 0 Å². The van der Waals surface area contributed by atoms with Crippen LogP contribution in [-0.2, 0) is 13.9 Å². The van der Waals surface area contributed by atoms with Gasteiger partial charge < -0.3 is 13.9 Å². The van der Waals surface area contributed by atoms with E-state index < -0.39 is 8.32 Å². The minimum Gasteiger partial charge on any atom is -0.501 e. The van der Waals surface area contributed by atoms with Gasteiger partial charge in [0.25, 0.3) is 0 Å². The van der Waals surface area contributed by atoms with Crippen LogP contribution in [0, 0.1) is 0 Å². The molecule has 0 aromatic carbocycles. The number of rotatable bonds is 8. The highest BCUT2D eigenvalue weighted by Gasteiger charge is 2.41. The van der Waals surface area contributed by atoms with E-state index in [0.29, 0.717) is 0 Å². The average Bonchev–Trinajstić information content (AvgIpc) is 2.45. The fourth-order valence-electron chi connectivity index (χ4n) is 2.35. The molecule has 0 spiro atoms. The van der Waals surface area contributed by atoms with E-state index in [9.17, 15) is 0 Å². The molecule has 0 bridgehead atoms. The molecule has 0 N–H and O–H groups in total. The van der Waals surface area contributed by atoms with Gasteiger partial charge in [-0.2, -0.15) is 0 Å². The van der Waals surface area contributed by atoms with Crippen LogP contribution in [0.25, 0.3) is 0 Å². The predicted octanol–water partition coefficient (Wildman–Crippen LogP) is 5.44. The van der Waals surface area contributed by atoms with E-state index in [-0.39, 0.29) is 23.4 Å². The first-order valence-electron chi connectivity index (χ1n) is 8.93. The molecule has 0 saturated carbocycles. The SMILES string of the molecule is C=C[C@H]1C[C@@H](O[Si](C)(C)C(C)(C)C)C[C@@H](/C=C\OCCCC)O1. The average molecular weight is 341 g/mol. The monoisotopic (exact) mass is 340 g/mol. The second kappa shape index (κ2) is 9.05. The van der Waals surface area contributed by atoms with Crippen LogP contribution in [0.4, 0.5) is 0 Å². The van der Waals surface area contributed by atoms with Crippen LogP contribution in [0.5, 0.6) is 0 Å². The molecule has 1 rings (SSSR count). The molecule has 0 amide bonds. The lowest BCUT2D eigenvalue weighted by Gasteiger charge is -2.42. The lowest BCUT2D eigenvalue weighted by atomic mass is 10.0. The normalized spacial score (nSPS) is 26.4. The third kappa shape index (κ3) is 6.82. The second-order valence-corrected chi connectivity index (χ2v) is 12.7. The first kappa shape index (κ1) is 20.5. The van der Waals surface area contributed by atoms with Crippen molar-refractivity contribution in [2.75, 3.05) is 6.61 Å². The Morgan fingerprint density at radius 1 is 1.22 bits per heavy atom. The molecule has 0 radical (unpaired) electrons. The lowest BCUT2D eigenvalue weighted by Crippen LogP contribution is -2.47. The van der Waals surface area contributed by atoms with Crippen LogP contribution in [-0.4, -0.2) is 33.2 Å². The van der Waals surface area contributed by atoms with Crippen molar-refractivity contribution in [2.24, 2.45) is 0 Å². The van der Waals surface area contributed by atoms with Crippen molar-refractivity contribution >= 4 is 8.32 Å². The molecule has 3 nitrogen and oxygen atoms in total. The molecule has 134 valence electrons. The molecule has 4 heteroatoms. The van der Waals surface area contributed by atoms with Gasteiger partial charge in [0, 0.05) is 12.8 Å². The predicted molar refractivity (Wildman–Crippen MR) is 100 cm³/mol. The van der Waals surface area contributed by atoms with Crippen LogP contribution in [0.15, 0.2) is 25.0 Å². The summed E-state index contributed by atoms with van der Waals surface area (Å²) in [4.78, 5) is 0. The van der Waals surface area contributed by atoms with Gasteiger partial charge in [-0.1, -0.05) is 40.2 Å². The molecule has 0 aromatic rings. The van der Waals surface area contributed by atoms with Gasteiger partial charge in [0.15, 0.2) is 8.32 Å². The fourth-order valence-corrected chi connectivity index (χ4v) is 3.73. The zero-order valence-corrected chi connectivity index (χ0v) is 16.9. The number of ether oxygens (including phenoxy) is 2. The molecule has 0 unspecified atom stereocenters. The quantitative estimate of drug-likeness (QED) is 0.255. The maximum atomic E-state index is 6.59. The van der Waals surface area contributed by atoms with E-state index in [1.165, 1.54) is 0 Å². The van der Waals surface area contributed by atoms with Crippen molar-refractivity contribution in [3.63, 3.8) is 0 Å². The van der Waals surface area contributed by atoms with E-state index in [0.717, 1.165) is 32.3 Å². The minimum absolute atomic E-state index is 0.0446. The van der Waals surface area contributed by atoms with Crippen molar-refractivity contribution in [2.45, 2.75) is 89.8 Å². The fraction of sp³-hybridized carbons (Fsp3) is 0.789. The Morgan fingerprint density at radius 2 is 1.87 bits per heavy atom. The summed E-state index contributed by atoms with van der Waals surface area (Å²) >= 11 is 0. The topological polar surface area (TPSA) is 27.7 Å². The number of unbranched alkanes of at least 4 members (excludes halogenated alkanes) is 1. The molecule has 23 heavy (non-hydrogen) atoms. The van der Waals surface area contributed by atoms with Gasteiger partial charge in [0.2, 0.25) is 0 Å². The molecule has 3 atom stereocenters. The highest BCUT2D eigenvalue weighted by atomic mass is 28.4. The Morgan fingerprint density at radius 3 is 2.43 bits per heavy atom. The molecular weight excluding hydrogens is 304 g/mol. The van der Waals surface area contributed by atoms with Crippen molar-refractivity contribution < 1.29 is 13.9 Å². The third-order valence-corrected chi connectivity index (χ3v) is 9.41. The Hall–Kier alpha value is -0.583. The van der Waals surface area contributed by atoms with Gasteiger partial charge in [-0.3, -0.25) is 0 Å². The van der Waals surface area contributed by atoms with E-state index in [1.807, 2.05) is 12.2 Å². The molecular formula is C19H36O3Si. The third-order valence-electron chi connectivity index (χ3n) is 4.88. The standard InChI is InChI=1S/C19H36O3Si/c1-8-10-12-20-13-11-17-15-18(14-16(9-2)21-17)22-23(6,7)19(3,4)5/h9,11,13,16-18H,2,8,10,12,14-15H2,1,3-7H3/b13-11-/t16-,17+,18+/m0/s1. The van der Waals surface area contributed by atoms with Crippen molar-refractivity contribution in [3.05, 3.63) is 25.0 Å². The summed E-state index contributed by atoms with van der Waals surface area (Å²) in [5.41, 5.74) is 0. The van der Waals surface area contributed by atoms with Crippen molar-refractivity contribution in [1.82, 2.24) is 0 Å². The van der Waals surface area contributed by atoms with Gasteiger partial charge in [-0.15, -0.1) is 6.58 Å². The zero-order valence-electron chi connectivity index (χ0n) is 15.9. The van der Waals surface area contributed by atoms with E-state index >= 15 is 0 Å². The summed E-state index contributed by atoms with van der Waals surface area (Å²) < 4.78 is 18.1. The summed E-state index contributed by atoms with van der Waals surface area (Å²) in [6.07, 6.45) is 10.1. The Balaban J connectivity index is 2.62. The number of hydrogen-bond acceptors (Lipinski definition) is 3. The van der Waals surface area contributed by atoms with E-state index in [4.69, 9.17) is 13.9 Å². The summed E-state index contributed by atoms with van der Waals surface area (Å²) in [6, 6.07) is 0. The summed E-state index contributed by atoms with van der Waals surface area (Å²) in [6.45, 7) is 18.3. The Labute approximate surface area is 144 Å². The largest absolute Gasteiger partial charge is 0.501 e. The molecule has 1 aliphatic rings. The zero-order chi connectivity index (χ0) is 17.5. The van der Waals surface area contributed by atoms with E-state index in [2.05, 4.69) is 47.4 Å². The van der Waals surface area contributed by atoms with Gasteiger partial charge in [0.1, 0.15) is 0 Å². The minimum atomic E-state index is -1.76. The van der Waals surface area contributed by atoms with Crippen molar-refractivity contribution in [3.8, 4) is 0 Å². The first-order chi connectivity index (χ1) is 10.7. The van der Waals surface area contributed by atoms with Crippen LogP contribution in [0.1, 0.15) is 53.4 Å². The molecule has 0 aromatic heterocycles. The van der Waals surface area contributed by atoms with Gasteiger partial charge in [0.05, 0.1) is 31.2 Å². The maximum absolute atomic E-state index is 6.59. The number of hydrogen-bond donors (Lipinski definition) is 0. The van der Waals surface area contributed by atoms with Gasteiger partial charge >= 0.3 is 0 Å². The lowest BCUT2D eigenvalue weighted by molar-refractivity contribution is -0.0513.